The number of hydrogen-bond acceptors (Lipinski definition) is 2. The lowest BCUT2D eigenvalue weighted by atomic mass is 10.3. The molecule has 0 atom stereocenters. The molecule has 1 heterocycles. The molecule has 0 aliphatic heterocycles. The van der Waals surface area contributed by atoms with Crippen molar-refractivity contribution in [2.45, 2.75) is 0 Å². The summed E-state index contributed by atoms with van der Waals surface area (Å²) in [5.41, 5.74) is 0.768. The number of nitrogens with zero attached hydrogens (tertiary/aromatic N) is 1. The van der Waals surface area contributed by atoms with Crippen molar-refractivity contribution in [2.24, 2.45) is 0 Å². The summed E-state index contributed by atoms with van der Waals surface area (Å²) < 4.78 is 0. The Labute approximate surface area is 119 Å². The summed E-state index contributed by atoms with van der Waals surface area (Å²) in [6.07, 6.45) is 0. The maximum atomic E-state index is 11.9. The molecule has 0 saturated carbocycles. The van der Waals surface area contributed by atoms with Crippen LogP contribution in [-0.2, 0) is 0 Å². The topological polar surface area (TPSA) is 42.0 Å². The lowest BCUT2D eigenvalue weighted by molar-refractivity contribution is 0.102. The summed E-state index contributed by atoms with van der Waals surface area (Å²) in [5, 5.41) is 3.71. The second-order valence-electron chi connectivity index (χ2n) is 3.43. The number of nitrogens with one attached hydrogen (secondary N) is 1. The molecule has 18 heavy (non-hydrogen) atoms. The van der Waals surface area contributed by atoms with Crippen LogP contribution in [0.15, 0.2) is 36.4 Å². The largest absolute Gasteiger partial charge is 0.321 e. The van der Waals surface area contributed by atoms with Crippen LogP contribution in [0.25, 0.3) is 0 Å². The molecule has 2 rings (SSSR count). The number of carbonyl (C=O) groups excluding carboxylic acids is 1. The summed E-state index contributed by atoms with van der Waals surface area (Å²) in [6, 6.07) is 9.63. The smallest absolute Gasteiger partial charge is 0.274 e. The van der Waals surface area contributed by atoms with Crippen LogP contribution in [0.4, 0.5) is 5.69 Å². The van der Waals surface area contributed by atoms with Gasteiger partial charge < -0.3 is 5.32 Å². The third-order valence-electron chi connectivity index (χ3n) is 2.13. The fraction of sp³-hybridized carbons (Fsp3) is 0. The molecule has 2 aromatic rings. The second kappa shape index (κ2) is 5.57. The van der Waals surface area contributed by atoms with Gasteiger partial charge in [-0.05, 0) is 30.3 Å². The molecule has 0 bridgehead atoms. The van der Waals surface area contributed by atoms with E-state index in [-0.39, 0.29) is 16.8 Å². The molecular weight excluding hydrogens is 295 g/mol. The summed E-state index contributed by atoms with van der Waals surface area (Å²) in [7, 11) is 0. The van der Waals surface area contributed by atoms with Gasteiger partial charge in [-0.2, -0.15) is 0 Å². The lowest BCUT2D eigenvalue weighted by Crippen LogP contribution is -2.13. The van der Waals surface area contributed by atoms with E-state index in [0.29, 0.717) is 15.7 Å². The fourth-order valence-corrected chi connectivity index (χ4v) is 1.77. The molecule has 0 aliphatic carbocycles. The molecule has 1 amide bonds. The van der Waals surface area contributed by atoms with Crippen molar-refractivity contribution in [3.63, 3.8) is 0 Å². The molecule has 0 aliphatic rings. The van der Waals surface area contributed by atoms with Crippen LogP contribution in [0, 0.1) is 0 Å². The first-order chi connectivity index (χ1) is 8.56. The van der Waals surface area contributed by atoms with Gasteiger partial charge in [0.15, 0.2) is 0 Å². The molecule has 1 N–H and O–H groups in total. The van der Waals surface area contributed by atoms with E-state index in [1.165, 1.54) is 0 Å². The fourth-order valence-electron chi connectivity index (χ4n) is 1.30. The Balaban J connectivity index is 2.18. The van der Waals surface area contributed by atoms with Crippen molar-refractivity contribution in [1.82, 2.24) is 4.98 Å². The zero-order chi connectivity index (χ0) is 13.1. The van der Waals surface area contributed by atoms with Crippen molar-refractivity contribution < 1.29 is 4.79 Å². The van der Waals surface area contributed by atoms with Crippen LogP contribution in [0.3, 0.4) is 0 Å². The first kappa shape index (κ1) is 13.1. The van der Waals surface area contributed by atoms with Gasteiger partial charge in [0, 0.05) is 5.69 Å². The quantitative estimate of drug-likeness (QED) is 0.841. The highest BCUT2D eigenvalue weighted by Crippen LogP contribution is 2.25. The third kappa shape index (κ3) is 3.13. The molecule has 6 heteroatoms. The van der Waals surface area contributed by atoms with Gasteiger partial charge in [0.25, 0.3) is 5.91 Å². The molecule has 0 fully saturated rings. The Kier molecular flexibility index (Phi) is 4.07. The average molecular weight is 302 g/mol. The van der Waals surface area contributed by atoms with Gasteiger partial charge >= 0.3 is 0 Å². The summed E-state index contributed by atoms with van der Waals surface area (Å²) in [5.74, 6) is -0.365. The van der Waals surface area contributed by atoms with E-state index < -0.39 is 0 Å². The summed E-state index contributed by atoms with van der Waals surface area (Å²) in [6.45, 7) is 0. The maximum Gasteiger partial charge on any atom is 0.274 e. The predicted molar refractivity (Wildman–Crippen MR) is 73.7 cm³/mol. The van der Waals surface area contributed by atoms with E-state index >= 15 is 0 Å². The molecule has 0 radical (unpaired) electrons. The first-order valence-corrected chi connectivity index (χ1v) is 6.08. The van der Waals surface area contributed by atoms with Crippen molar-refractivity contribution in [3.05, 3.63) is 57.3 Å². The van der Waals surface area contributed by atoms with E-state index in [9.17, 15) is 4.79 Å². The molecule has 92 valence electrons. The van der Waals surface area contributed by atoms with Crippen LogP contribution in [-0.4, -0.2) is 10.9 Å². The molecule has 0 spiro atoms. The number of anilines is 1. The van der Waals surface area contributed by atoms with E-state index in [0.717, 1.165) is 0 Å². The van der Waals surface area contributed by atoms with Gasteiger partial charge in [0.1, 0.15) is 10.8 Å². The van der Waals surface area contributed by atoms with Crippen LogP contribution in [0.2, 0.25) is 15.2 Å². The van der Waals surface area contributed by atoms with Gasteiger partial charge in [-0.25, -0.2) is 4.98 Å². The number of hydrogen-bond donors (Lipinski definition) is 1. The Hall–Kier alpha value is -1.29. The van der Waals surface area contributed by atoms with Gasteiger partial charge in [0.2, 0.25) is 0 Å². The summed E-state index contributed by atoms with van der Waals surface area (Å²) in [4.78, 5) is 15.8. The number of benzene rings is 1. The molecule has 1 aromatic heterocycles. The van der Waals surface area contributed by atoms with Crippen molar-refractivity contribution >= 4 is 46.4 Å². The van der Waals surface area contributed by atoms with Gasteiger partial charge in [-0.1, -0.05) is 40.9 Å². The van der Waals surface area contributed by atoms with Gasteiger partial charge in [-0.15, -0.1) is 0 Å². The minimum Gasteiger partial charge on any atom is -0.321 e. The Morgan fingerprint density at radius 3 is 2.50 bits per heavy atom. The monoisotopic (exact) mass is 300 g/mol. The molecule has 0 saturated heterocycles. The van der Waals surface area contributed by atoms with Crippen molar-refractivity contribution in [3.8, 4) is 0 Å². The molecule has 3 nitrogen and oxygen atoms in total. The molecule has 1 aromatic carbocycles. The highest BCUT2D eigenvalue weighted by molar-refractivity contribution is 6.42. The summed E-state index contributed by atoms with van der Waals surface area (Å²) >= 11 is 17.3. The highest BCUT2D eigenvalue weighted by atomic mass is 35.5. The SMILES string of the molecule is O=C(Nc1ccc(Cl)c(Cl)c1)c1cccc(Cl)n1. The second-order valence-corrected chi connectivity index (χ2v) is 4.63. The number of halogens is 3. The van der Waals surface area contributed by atoms with Crippen molar-refractivity contribution in [2.75, 3.05) is 5.32 Å². The molecular formula is C12H7Cl3N2O. The lowest BCUT2D eigenvalue weighted by Gasteiger charge is -2.05. The Morgan fingerprint density at radius 1 is 1.06 bits per heavy atom. The van der Waals surface area contributed by atoms with E-state index in [1.54, 1.807) is 36.4 Å². The van der Waals surface area contributed by atoms with Crippen LogP contribution >= 0.6 is 34.8 Å². The predicted octanol–water partition coefficient (Wildman–Crippen LogP) is 4.29. The third-order valence-corrected chi connectivity index (χ3v) is 3.07. The number of carbonyl (C=O) groups is 1. The van der Waals surface area contributed by atoms with Crippen LogP contribution < -0.4 is 5.32 Å². The van der Waals surface area contributed by atoms with Gasteiger partial charge in [-0.3, -0.25) is 4.79 Å². The first-order valence-electron chi connectivity index (χ1n) is 4.95. The van der Waals surface area contributed by atoms with Crippen molar-refractivity contribution in [1.29, 1.82) is 0 Å². The Bertz CT molecular complexity index is 602. The maximum absolute atomic E-state index is 11.9. The van der Waals surface area contributed by atoms with E-state index in [4.69, 9.17) is 34.8 Å². The minimum atomic E-state index is -0.365. The van der Waals surface area contributed by atoms with E-state index in [2.05, 4.69) is 10.3 Å². The number of rotatable bonds is 2. The minimum absolute atomic E-state index is 0.230. The normalized spacial score (nSPS) is 10.2. The van der Waals surface area contributed by atoms with Gasteiger partial charge in [0.05, 0.1) is 10.0 Å². The van der Waals surface area contributed by atoms with E-state index in [1.807, 2.05) is 0 Å². The average Bonchev–Trinajstić information content (AvgIpc) is 2.34. The number of amides is 1. The standard InChI is InChI=1S/C12H7Cl3N2O/c13-8-5-4-7(6-9(8)14)16-12(18)10-2-1-3-11(15)17-10/h1-6H,(H,16,18). The highest BCUT2D eigenvalue weighted by Gasteiger charge is 2.08. The zero-order valence-corrected chi connectivity index (χ0v) is 11.2. The zero-order valence-electron chi connectivity index (χ0n) is 8.95. The Morgan fingerprint density at radius 2 is 1.83 bits per heavy atom. The van der Waals surface area contributed by atoms with Crippen LogP contribution in [0.1, 0.15) is 10.5 Å². The number of aromatic nitrogens is 1. The van der Waals surface area contributed by atoms with Crippen LogP contribution in [0.5, 0.6) is 0 Å². The molecule has 0 unspecified atom stereocenters. The number of pyridine rings is 1.